The highest BCUT2D eigenvalue weighted by Gasteiger charge is 2.10. The lowest BCUT2D eigenvalue weighted by atomic mass is 10.1. The summed E-state index contributed by atoms with van der Waals surface area (Å²) in [7, 11) is 0. The van der Waals surface area contributed by atoms with Crippen molar-refractivity contribution in [1.29, 1.82) is 0 Å². The first-order valence-electron chi connectivity index (χ1n) is 4.58. The first kappa shape index (κ1) is 10.4. The summed E-state index contributed by atoms with van der Waals surface area (Å²) in [5.74, 6) is -1.10. The molecule has 4 heteroatoms. The predicted octanol–water partition coefficient (Wildman–Crippen LogP) is 2.84. The minimum atomic E-state index is -0.691. The second-order valence-corrected chi connectivity index (χ2v) is 3.19. The van der Waals surface area contributed by atoms with Crippen molar-refractivity contribution in [2.24, 2.45) is 0 Å². The summed E-state index contributed by atoms with van der Waals surface area (Å²) in [5.41, 5.74) is 0.418. The van der Waals surface area contributed by atoms with Gasteiger partial charge in [0.15, 0.2) is 12.1 Å². The zero-order valence-electron chi connectivity index (χ0n) is 8.15. The van der Waals surface area contributed by atoms with Crippen LogP contribution < -0.4 is 0 Å². The molecule has 0 spiro atoms. The van der Waals surface area contributed by atoms with Gasteiger partial charge < -0.3 is 0 Å². The van der Waals surface area contributed by atoms with Gasteiger partial charge in [-0.1, -0.05) is 0 Å². The van der Waals surface area contributed by atoms with Crippen molar-refractivity contribution in [2.45, 2.75) is 0 Å². The molecule has 2 aromatic rings. The van der Waals surface area contributed by atoms with Crippen LogP contribution in [0.5, 0.6) is 0 Å². The highest BCUT2D eigenvalue weighted by atomic mass is 19.1. The number of aromatic nitrogens is 1. The molecule has 0 aliphatic rings. The van der Waals surface area contributed by atoms with Gasteiger partial charge in [0.2, 0.25) is 0 Å². The molecule has 1 aromatic carbocycles. The molecule has 16 heavy (non-hydrogen) atoms. The predicted molar refractivity (Wildman–Crippen MR) is 55.0 cm³/mol. The number of hydrogen-bond donors (Lipinski definition) is 0. The summed E-state index contributed by atoms with van der Waals surface area (Å²) in [5, 5.41) is 0. The first-order valence-corrected chi connectivity index (χ1v) is 4.58. The Labute approximate surface area is 90.6 Å². The molecule has 0 saturated carbocycles. The van der Waals surface area contributed by atoms with E-state index < -0.39 is 11.6 Å². The minimum Gasteiger partial charge on any atom is -0.298 e. The highest BCUT2D eigenvalue weighted by molar-refractivity contribution is 5.78. The van der Waals surface area contributed by atoms with Gasteiger partial charge in [-0.05, 0) is 30.3 Å². The van der Waals surface area contributed by atoms with Crippen LogP contribution in [0.4, 0.5) is 8.78 Å². The molecule has 0 unspecified atom stereocenters. The third kappa shape index (κ3) is 1.82. The van der Waals surface area contributed by atoms with E-state index in [0.717, 1.165) is 0 Å². The topological polar surface area (TPSA) is 30.0 Å². The molecule has 0 aliphatic heterocycles. The molecule has 0 atom stereocenters. The Kier molecular flexibility index (Phi) is 2.72. The fourth-order valence-corrected chi connectivity index (χ4v) is 1.36. The maximum absolute atomic E-state index is 13.7. The van der Waals surface area contributed by atoms with Crippen molar-refractivity contribution in [2.75, 3.05) is 0 Å². The number of benzene rings is 1. The number of carbonyl (C=O) groups is 1. The summed E-state index contributed by atoms with van der Waals surface area (Å²) >= 11 is 0. The van der Waals surface area contributed by atoms with Gasteiger partial charge in [0.25, 0.3) is 0 Å². The SMILES string of the molecule is O=Cc1ccnc(-c2ccc(F)cc2)c1F. The third-order valence-electron chi connectivity index (χ3n) is 2.16. The molecule has 2 nitrogen and oxygen atoms in total. The van der Waals surface area contributed by atoms with E-state index in [4.69, 9.17) is 0 Å². The van der Waals surface area contributed by atoms with Crippen LogP contribution in [0.15, 0.2) is 36.5 Å². The number of hydrogen-bond acceptors (Lipinski definition) is 2. The molecule has 0 amide bonds. The molecule has 0 N–H and O–H groups in total. The molecule has 80 valence electrons. The molecule has 0 aliphatic carbocycles. The Balaban J connectivity index is 2.56. The molecule has 1 aromatic heterocycles. The highest BCUT2D eigenvalue weighted by Crippen LogP contribution is 2.21. The van der Waals surface area contributed by atoms with Gasteiger partial charge in [-0.2, -0.15) is 0 Å². The Morgan fingerprint density at radius 1 is 1.06 bits per heavy atom. The number of nitrogens with zero attached hydrogens (tertiary/aromatic N) is 1. The second-order valence-electron chi connectivity index (χ2n) is 3.19. The average molecular weight is 219 g/mol. The van der Waals surface area contributed by atoms with E-state index >= 15 is 0 Å². The van der Waals surface area contributed by atoms with Crippen LogP contribution in [0.1, 0.15) is 10.4 Å². The fourth-order valence-electron chi connectivity index (χ4n) is 1.36. The first-order chi connectivity index (χ1) is 7.72. The fraction of sp³-hybridized carbons (Fsp3) is 0. The standard InChI is InChI=1S/C12H7F2NO/c13-10-3-1-8(2-4-10)12-11(14)9(7-16)5-6-15-12/h1-7H. The zero-order valence-corrected chi connectivity index (χ0v) is 8.15. The van der Waals surface area contributed by atoms with Gasteiger partial charge in [0.05, 0.1) is 5.56 Å². The van der Waals surface area contributed by atoms with Crippen LogP contribution in [0.3, 0.4) is 0 Å². The van der Waals surface area contributed by atoms with E-state index in [1.54, 1.807) is 0 Å². The van der Waals surface area contributed by atoms with Crippen molar-refractivity contribution in [3.63, 3.8) is 0 Å². The Morgan fingerprint density at radius 2 is 1.75 bits per heavy atom. The smallest absolute Gasteiger partial charge is 0.159 e. The van der Waals surface area contributed by atoms with Crippen LogP contribution in [0.2, 0.25) is 0 Å². The van der Waals surface area contributed by atoms with Crippen LogP contribution in [-0.4, -0.2) is 11.3 Å². The van der Waals surface area contributed by atoms with Crippen LogP contribution in [-0.2, 0) is 0 Å². The van der Waals surface area contributed by atoms with E-state index in [2.05, 4.69) is 4.98 Å². The summed E-state index contributed by atoms with van der Waals surface area (Å²) in [6.45, 7) is 0. The van der Waals surface area contributed by atoms with Gasteiger partial charge in [-0.25, -0.2) is 8.78 Å². The molecule has 0 radical (unpaired) electrons. The van der Waals surface area contributed by atoms with E-state index in [1.807, 2.05) is 0 Å². The van der Waals surface area contributed by atoms with E-state index in [-0.39, 0.29) is 11.3 Å². The number of rotatable bonds is 2. The van der Waals surface area contributed by atoms with Crippen molar-refractivity contribution in [3.8, 4) is 11.3 Å². The molecular formula is C12H7F2NO. The summed E-state index contributed by atoms with van der Waals surface area (Å²) in [6, 6.07) is 6.54. The lowest BCUT2D eigenvalue weighted by Gasteiger charge is -2.03. The van der Waals surface area contributed by atoms with Gasteiger partial charge in [0.1, 0.15) is 11.5 Å². The molecule has 0 fully saturated rings. The summed E-state index contributed by atoms with van der Waals surface area (Å²) < 4.78 is 26.3. The second kappa shape index (κ2) is 4.18. The number of pyridine rings is 1. The molecule has 0 saturated heterocycles. The van der Waals surface area contributed by atoms with E-state index in [9.17, 15) is 13.6 Å². The normalized spacial score (nSPS) is 10.1. The largest absolute Gasteiger partial charge is 0.298 e. The van der Waals surface area contributed by atoms with Crippen LogP contribution in [0.25, 0.3) is 11.3 Å². The number of aldehydes is 1. The number of halogens is 2. The van der Waals surface area contributed by atoms with Crippen LogP contribution in [0, 0.1) is 11.6 Å². The van der Waals surface area contributed by atoms with E-state index in [0.29, 0.717) is 11.8 Å². The van der Waals surface area contributed by atoms with Gasteiger partial charge in [-0.3, -0.25) is 9.78 Å². The van der Waals surface area contributed by atoms with Gasteiger partial charge in [-0.15, -0.1) is 0 Å². The van der Waals surface area contributed by atoms with Crippen molar-refractivity contribution in [1.82, 2.24) is 4.98 Å². The van der Waals surface area contributed by atoms with Crippen molar-refractivity contribution >= 4 is 6.29 Å². The Bertz CT molecular complexity index is 523. The maximum Gasteiger partial charge on any atom is 0.159 e. The molecule has 0 bridgehead atoms. The van der Waals surface area contributed by atoms with Gasteiger partial charge in [0, 0.05) is 11.8 Å². The average Bonchev–Trinajstić information content (AvgIpc) is 2.31. The molecule has 2 rings (SSSR count). The third-order valence-corrected chi connectivity index (χ3v) is 2.16. The van der Waals surface area contributed by atoms with Gasteiger partial charge >= 0.3 is 0 Å². The quantitative estimate of drug-likeness (QED) is 0.727. The monoisotopic (exact) mass is 219 g/mol. The Hall–Kier alpha value is -2.10. The van der Waals surface area contributed by atoms with Crippen LogP contribution >= 0.6 is 0 Å². The zero-order chi connectivity index (χ0) is 11.5. The summed E-state index contributed by atoms with van der Waals surface area (Å²) in [6.07, 6.45) is 1.76. The molecule has 1 heterocycles. The summed E-state index contributed by atoms with van der Waals surface area (Å²) in [4.78, 5) is 14.4. The van der Waals surface area contributed by atoms with Crippen molar-refractivity contribution < 1.29 is 13.6 Å². The maximum atomic E-state index is 13.7. The molecular weight excluding hydrogens is 212 g/mol. The lowest BCUT2D eigenvalue weighted by Crippen LogP contribution is -1.94. The number of carbonyl (C=O) groups excluding carboxylic acids is 1. The Morgan fingerprint density at radius 3 is 2.38 bits per heavy atom. The lowest BCUT2D eigenvalue weighted by molar-refractivity contribution is 0.111. The van der Waals surface area contributed by atoms with Crippen molar-refractivity contribution in [3.05, 3.63) is 53.7 Å². The minimum absolute atomic E-state index is 0.0459. The van der Waals surface area contributed by atoms with E-state index in [1.165, 1.54) is 36.5 Å².